The van der Waals surface area contributed by atoms with Crippen LogP contribution in [0.1, 0.15) is 34.1 Å². The molecule has 0 heterocycles. The molecule has 0 aliphatic heterocycles. The van der Waals surface area contributed by atoms with Gasteiger partial charge in [0.25, 0.3) is 0 Å². The Hall–Kier alpha value is -0.153. The van der Waals surface area contributed by atoms with Crippen molar-refractivity contribution in [2.75, 3.05) is 0 Å². The molecule has 0 aromatic heterocycles. The minimum atomic E-state index is -0.767. The van der Waals surface area contributed by atoms with Crippen LogP contribution in [0.3, 0.4) is 0 Å². The van der Waals surface area contributed by atoms with Gasteiger partial charge >= 0.3 is 0 Å². The highest BCUT2D eigenvalue weighted by Crippen LogP contribution is 2.29. The fourth-order valence-electron chi connectivity index (χ4n) is 1.14. The molecule has 0 bridgehead atoms. The molecule has 0 saturated carbocycles. The minimum Gasteiger partial charge on any atom is -0.408 e. The van der Waals surface area contributed by atoms with E-state index in [1.54, 1.807) is 0 Å². The van der Waals surface area contributed by atoms with E-state index in [-0.39, 0.29) is 11.5 Å². The van der Waals surface area contributed by atoms with Gasteiger partial charge in [0, 0.05) is 0 Å². The average Bonchev–Trinajstić information content (AvgIpc) is 2.00. The van der Waals surface area contributed by atoms with Crippen LogP contribution in [0, 0.1) is 11.3 Å². The Morgan fingerprint density at radius 2 is 1.86 bits per heavy atom. The van der Waals surface area contributed by atoms with Crippen LogP contribution in [0.4, 0.5) is 0 Å². The second-order valence-corrected chi connectivity index (χ2v) is 7.26. The highest BCUT2D eigenvalue weighted by Gasteiger charge is 2.24. The summed E-state index contributed by atoms with van der Waals surface area (Å²) in [4.78, 5) is 10.8. The molecule has 14 heavy (non-hydrogen) atoms. The van der Waals surface area contributed by atoms with Crippen LogP contribution in [0.2, 0.25) is 13.1 Å². The Kier molecular flexibility index (Phi) is 5.60. The summed E-state index contributed by atoms with van der Waals surface area (Å²) < 4.78 is 5.60. The smallest absolute Gasteiger partial charge is 0.205 e. The van der Waals surface area contributed by atoms with E-state index in [9.17, 15) is 4.79 Å². The molecular formula is C11H23O2Si. The first-order chi connectivity index (χ1) is 6.27. The van der Waals surface area contributed by atoms with Crippen LogP contribution in [0.15, 0.2) is 0 Å². The normalized spacial score (nSPS) is 16.8. The number of carbonyl (C=O) groups is 1. The van der Waals surface area contributed by atoms with Crippen molar-refractivity contribution in [3.63, 3.8) is 0 Å². The Morgan fingerprint density at radius 3 is 2.14 bits per heavy atom. The zero-order valence-electron chi connectivity index (χ0n) is 10.3. The maximum atomic E-state index is 10.8. The zero-order chi connectivity index (χ0) is 11.4. The van der Waals surface area contributed by atoms with Gasteiger partial charge in [-0.3, -0.25) is 0 Å². The van der Waals surface area contributed by atoms with Gasteiger partial charge in [0.2, 0.25) is 9.04 Å². The fourth-order valence-corrected chi connectivity index (χ4v) is 1.89. The molecule has 0 N–H and O–H groups in total. The fraction of sp³-hybridized carbons (Fsp3) is 0.909. The highest BCUT2D eigenvalue weighted by molar-refractivity contribution is 6.48. The maximum Gasteiger partial charge on any atom is 0.205 e. The summed E-state index contributed by atoms with van der Waals surface area (Å²) in [5.74, 6) is 0.499. The Bertz CT molecular complexity index is 173. The summed E-state index contributed by atoms with van der Waals surface area (Å²) in [6, 6.07) is 0. The highest BCUT2D eigenvalue weighted by atomic mass is 28.3. The first-order valence-corrected chi connectivity index (χ1v) is 7.60. The van der Waals surface area contributed by atoms with Crippen molar-refractivity contribution in [2.45, 2.75) is 53.3 Å². The van der Waals surface area contributed by atoms with Crippen LogP contribution in [-0.2, 0) is 9.22 Å². The molecule has 2 nitrogen and oxygen atoms in total. The number of aldehydes is 1. The van der Waals surface area contributed by atoms with E-state index in [1.165, 1.54) is 0 Å². The molecule has 0 amide bonds. The zero-order valence-corrected chi connectivity index (χ0v) is 11.3. The van der Waals surface area contributed by atoms with Crippen molar-refractivity contribution in [3.8, 4) is 0 Å². The topological polar surface area (TPSA) is 26.3 Å². The quantitative estimate of drug-likeness (QED) is 0.521. The Morgan fingerprint density at radius 1 is 1.36 bits per heavy atom. The number of hydrogen-bond acceptors (Lipinski definition) is 2. The lowest BCUT2D eigenvalue weighted by Gasteiger charge is -2.29. The van der Waals surface area contributed by atoms with Crippen LogP contribution >= 0.6 is 0 Å². The van der Waals surface area contributed by atoms with Crippen LogP contribution in [-0.4, -0.2) is 21.4 Å². The molecule has 3 heteroatoms. The predicted octanol–water partition coefficient (Wildman–Crippen LogP) is 2.89. The summed E-state index contributed by atoms with van der Waals surface area (Å²) in [7, 11) is -0.767. The van der Waals surface area contributed by atoms with E-state index < -0.39 is 9.04 Å². The Balaban J connectivity index is 4.12. The second kappa shape index (κ2) is 5.66. The molecule has 0 aliphatic carbocycles. The second-order valence-electron chi connectivity index (χ2n) is 5.20. The molecular weight excluding hydrogens is 192 g/mol. The molecule has 0 rings (SSSR count). The van der Waals surface area contributed by atoms with Gasteiger partial charge < -0.3 is 9.22 Å². The molecule has 0 saturated heterocycles. The van der Waals surface area contributed by atoms with Crippen LogP contribution < -0.4 is 0 Å². The van der Waals surface area contributed by atoms with Gasteiger partial charge in [-0.1, -0.05) is 27.7 Å². The summed E-state index contributed by atoms with van der Waals surface area (Å²) >= 11 is 0. The van der Waals surface area contributed by atoms with Crippen molar-refractivity contribution in [1.29, 1.82) is 0 Å². The van der Waals surface area contributed by atoms with Crippen LogP contribution in [0.5, 0.6) is 0 Å². The molecule has 83 valence electrons. The van der Waals surface area contributed by atoms with Crippen LogP contribution in [0.25, 0.3) is 0 Å². The Labute approximate surface area is 89.8 Å². The lowest BCUT2D eigenvalue weighted by Crippen LogP contribution is -2.28. The summed E-state index contributed by atoms with van der Waals surface area (Å²) in [5, 5.41) is 0. The molecule has 0 aromatic carbocycles. The number of carbonyl (C=O) groups excluding carboxylic acids is 1. The first kappa shape index (κ1) is 13.8. The monoisotopic (exact) mass is 215 g/mol. The predicted molar refractivity (Wildman–Crippen MR) is 61.7 cm³/mol. The minimum absolute atomic E-state index is 0.201. The summed E-state index contributed by atoms with van der Waals surface area (Å²) in [6.45, 7) is 12.9. The van der Waals surface area contributed by atoms with Gasteiger partial charge in [0.05, 0.1) is 0 Å². The standard InChI is InChI=1S/C11H23O2Si/c1-9(11(2,3)4)7-10(8-12)13-14(5)6/h8-10H,7H2,1-6H3/t9?,10-/m1/s1. The van der Waals surface area contributed by atoms with E-state index in [1.807, 2.05) is 0 Å². The molecule has 1 radical (unpaired) electrons. The third kappa shape index (κ3) is 5.55. The van der Waals surface area contributed by atoms with Gasteiger partial charge in [0.15, 0.2) is 0 Å². The molecule has 1 unspecified atom stereocenters. The average molecular weight is 215 g/mol. The van der Waals surface area contributed by atoms with Gasteiger partial charge in [-0.2, -0.15) is 0 Å². The van der Waals surface area contributed by atoms with Gasteiger partial charge in [-0.15, -0.1) is 0 Å². The van der Waals surface area contributed by atoms with E-state index in [0.717, 1.165) is 12.7 Å². The third-order valence-corrected chi connectivity index (χ3v) is 3.38. The molecule has 2 atom stereocenters. The van der Waals surface area contributed by atoms with Gasteiger partial charge in [0.1, 0.15) is 12.4 Å². The van der Waals surface area contributed by atoms with E-state index in [2.05, 4.69) is 40.8 Å². The van der Waals surface area contributed by atoms with Crippen molar-refractivity contribution < 1.29 is 9.22 Å². The van der Waals surface area contributed by atoms with E-state index >= 15 is 0 Å². The van der Waals surface area contributed by atoms with E-state index in [4.69, 9.17) is 4.43 Å². The number of rotatable bonds is 5. The van der Waals surface area contributed by atoms with Crippen molar-refractivity contribution >= 4 is 15.3 Å². The molecule has 0 aliphatic rings. The van der Waals surface area contributed by atoms with Gasteiger partial charge in [-0.25, -0.2) is 0 Å². The largest absolute Gasteiger partial charge is 0.408 e. The molecule has 0 aromatic rings. The van der Waals surface area contributed by atoms with Crippen molar-refractivity contribution in [2.24, 2.45) is 11.3 Å². The number of hydrogen-bond donors (Lipinski definition) is 0. The lowest BCUT2D eigenvalue weighted by atomic mass is 9.79. The first-order valence-electron chi connectivity index (χ1n) is 5.19. The maximum absolute atomic E-state index is 10.8. The van der Waals surface area contributed by atoms with Crippen molar-refractivity contribution in [1.82, 2.24) is 0 Å². The summed E-state index contributed by atoms with van der Waals surface area (Å²) in [6.07, 6.45) is 1.58. The van der Waals surface area contributed by atoms with E-state index in [0.29, 0.717) is 5.92 Å². The molecule has 0 spiro atoms. The molecule has 0 fully saturated rings. The lowest BCUT2D eigenvalue weighted by molar-refractivity contribution is -0.114. The summed E-state index contributed by atoms with van der Waals surface area (Å²) in [5.41, 5.74) is 0.249. The van der Waals surface area contributed by atoms with Crippen molar-refractivity contribution in [3.05, 3.63) is 0 Å². The third-order valence-electron chi connectivity index (χ3n) is 2.60. The van der Waals surface area contributed by atoms with Gasteiger partial charge in [-0.05, 0) is 30.8 Å². The SMILES string of the molecule is CC(C[C@H](C=O)O[Si](C)C)C(C)(C)C.